The van der Waals surface area contributed by atoms with Crippen molar-refractivity contribution < 1.29 is 4.42 Å². The second-order valence-corrected chi connectivity index (χ2v) is 2.98. The largest absolute Gasteiger partial charge is 0.434 e. The monoisotopic (exact) mass is 241 g/mol. The van der Waals surface area contributed by atoms with Gasteiger partial charge in [-0.1, -0.05) is 0 Å². The van der Waals surface area contributed by atoms with Crippen molar-refractivity contribution in [2.75, 3.05) is 13.1 Å². The van der Waals surface area contributed by atoms with E-state index in [0.29, 0.717) is 11.8 Å². The van der Waals surface area contributed by atoms with Crippen molar-refractivity contribution >= 4 is 24.8 Å². The number of aromatic amines is 1. The quantitative estimate of drug-likeness (QED) is 0.759. The number of nitrogens with zero attached hydrogens (tertiary/aromatic N) is 1. The van der Waals surface area contributed by atoms with Crippen LogP contribution < -0.4 is 11.1 Å². The molecule has 0 atom stereocenters. The van der Waals surface area contributed by atoms with Crippen LogP contribution in [-0.2, 0) is 0 Å². The molecule has 0 aromatic carbocycles. The van der Waals surface area contributed by atoms with Crippen LogP contribution in [0.4, 0.5) is 0 Å². The highest BCUT2D eigenvalue weighted by Gasteiger charge is 2.19. The number of halogens is 2. The molecule has 1 aromatic rings. The van der Waals surface area contributed by atoms with Gasteiger partial charge in [0.25, 0.3) is 0 Å². The highest BCUT2D eigenvalue weighted by atomic mass is 35.5. The Bertz CT molecular complexity index is 306. The highest BCUT2D eigenvalue weighted by Crippen LogP contribution is 2.21. The van der Waals surface area contributed by atoms with Crippen LogP contribution in [0.1, 0.15) is 24.7 Å². The topological polar surface area (TPSA) is 70.9 Å². The summed E-state index contributed by atoms with van der Waals surface area (Å²) in [7, 11) is 0. The molecule has 2 N–H and O–H groups in total. The summed E-state index contributed by atoms with van der Waals surface area (Å²) in [6.45, 7) is 1.95. The first-order chi connectivity index (χ1) is 5.86. The van der Waals surface area contributed by atoms with Gasteiger partial charge in [0.05, 0.1) is 0 Å². The first-order valence-electron chi connectivity index (χ1n) is 4.12. The van der Waals surface area contributed by atoms with Gasteiger partial charge in [-0.3, -0.25) is 0 Å². The van der Waals surface area contributed by atoms with Crippen molar-refractivity contribution in [3.63, 3.8) is 0 Å². The van der Waals surface area contributed by atoms with Crippen LogP contribution in [0, 0.1) is 0 Å². The Morgan fingerprint density at radius 2 is 1.93 bits per heavy atom. The zero-order valence-electron chi connectivity index (χ0n) is 7.49. The summed E-state index contributed by atoms with van der Waals surface area (Å²) in [6, 6.07) is 0. The van der Waals surface area contributed by atoms with E-state index >= 15 is 0 Å². The third-order valence-corrected chi connectivity index (χ3v) is 2.14. The Balaban J connectivity index is 0.000000845. The van der Waals surface area contributed by atoms with E-state index in [4.69, 9.17) is 4.42 Å². The molecule has 7 heteroatoms. The zero-order valence-corrected chi connectivity index (χ0v) is 9.12. The molecule has 0 aliphatic carbocycles. The normalized spacial score (nSPS) is 16.9. The van der Waals surface area contributed by atoms with Gasteiger partial charge >= 0.3 is 5.76 Å². The van der Waals surface area contributed by atoms with E-state index in [2.05, 4.69) is 15.5 Å². The third kappa shape index (κ3) is 3.01. The van der Waals surface area contributed by atoms with Crippen molar-refractivity contribution in [3.05, 3.63) is 16.4 Å². The Labute approximate surface area is 93.5 Å². The number of hydrogen-bond donors (Lipinski definition) is 2. The molecule has 1 saturated heterocycles. The highest BCUT2D eigenvalue weighted by molar-refractivity contribution is 5.85. The van der Waals surface area contributed by atoms with Crippen LogP contribution in [0.2, 0.25) is 0 Å². The molecule has 1 aromatic heterocycles. The lowest BCUT2D eigenvalue weighted by molar-refractivity contribution is 0.363. The Morgan fingerprint density at radius 1 is 1.29 bits per heavy atom. The maximum Gasteiger partial charge on any atom is 0.434 e. The van der Waals surface area contributed by atoms with Crippen molar-refractivity contribution in [2.45, 2.75) is 18.8 Å². The van der Waals surface area contributed by atoms with E-state index in [-0.39, 0.29) is 24.8 Å². The Hall–Kier alpha value is -0.520. The minimum absolute atomic E-state index is 0. The first-order valence-corrected chi connectivity index (χ1v) is 4.12. The summed E-state index contributed by atoms with van der Waals surface area (Å²) in [6.07, 6.45) is 1.99. The fourth-order valence-electron chi connectivity index (χ4n) is 1.48. The molecule has 0 bridgehead atoms. The smallest absolute Gasteiger partial charge is 0.392 e. The number of piperidine rings is 1. The van der Waals surface area contributed by atoms with E-state index < -0.39 is 5.76 Å². The molecule has 82 valence electrons. The maximum absolute atomic E-state index is 10.6. The van der Waals surface area contributed by atoms with Gasteiger partial charge in [-0.05, 0) is 25.9 Å². The van der Waals surface area contributed by atoms with Crippen LogP contribution in [0.15, 0.2) is 9.21 Å². The van der Waals surface area contributed by atoms with Crippen LogP contribution in [0.5, 0.6) is 0 Å². The lowest BCUT2D eigenvalue weighted by Gasteiger charge is -2.18. The van der Waals surface area contributed by atoms with Gasteiger partial charge in [0.15, 0.2) is 0 Å². The van der Waals surface area contributed by atoms with E-state index in [1.54, 1.807) is 0 Å². The second-order valence-electron chi connectivity index (χ2n) is 2.98. The van der Waals surface area contributed by atoms with Gasteiger partial charge < -0.3 is 9.73 Å². The van der Waals surface area contributed by atoms with Gasteiger partial charge in [-0.15, -0.1) is 29.9 Å². The number of H-pyrrole nitrogens is 1. The molecule has 0 unspecified atom stereocenters. The van der Waals surface area contributed by atoms with Crippen molar-refractivity contribution in [2.24, 2.45) is 0 Å². The van der Waals surface area contributed by atoms with E-state index in [0.717, 1.165) is 25.9 Å². The fourth-order valence-corrected chi connectivity index (χ4v) is 1.48. The third-order valence-electron chi connectivity index (χ3n) is 2.14. The van der Waals surface area contributed by atoms with Crippen molar-refractivity contribution in [3.8, 4) is 0 Å². The van der Waals surface area contributed by atoms with Crippen LogP contribution in [0.3, 0.4) is 0 Å². The van der Waals surface area contributed by atoms with Crippen molar-refractivity contribution in [1.29, 1.82) is 0 Å². The number of rotatable bonds is 1. The molecule has 5 nitrogen and oxygen atoms in total. The van der Waals surface area contributed by atoms with Gasteiger partial charge in [-0.2, -0.15) is 0 Å². The molecule has 0 radical (unpaired) electrons. The van der Waals surface area contributed by atoms with Crippen LogP contribution >= 0.6 is 24.8 Å². The molecular formula is C7H13Cl2N3O2. The Kier molecular flexibility index (Phi) is 5.83. The lowest BCUT2D eigenvalue weighted by Crippen LogP contribution is -2.26. The zero-order chi connectivity index (χ0) is 8.39. The van der Waals surface area contributed by atoms with E-state index in [1.807, 2.05) is 0 Å². The van der Waals surface area contributed by atoms with Gasteiger partial charge in [0.1, 0.15) is 0 Å². The van der Waals surface area contributed by atoms with Gasteiger partial charge in [-0.25, -0.2) is 9.89 Å². The van der Waals surface area contributed by atoms with Gasteiger partial charge in [0, 0.05) is 5.92 Å². The summed E-state index contributed by atoms with van der Waals surface area (Å²) in [5.41, 5.74) is 0. The number of aromatic nitrogens is 2. The first kappa shape index (κ1) is 13.5. The molecule has 2 rings (SSSR count). The summed E-state index contributed by atoms with van der Waals surface area (Å²) in [4.78, 5) is 10.6. The van der Waals surface area contributed by atoms with E-state index in [1.165, 1.54) is 0 Å². The number of nitrogens with one attached hydrogen (secondary N) is 2. The molecule has 2 heterocycles. The molecule has 14 heavy (non-hydrogen) atoms. The minimum atomic E-state index is -0.455. The van der Waals surface area contributed by atoms with Gasteiger partial charge in [0.2, 0.25) is 5.89 Å². The predicted octanol–water partition coefficient (Wildman–Crippen LogP) is 0.673. The average molecular weight is 242 g/mol. The molecule has 0 saturated carbocycles. The van der Waals surface area contributed by atoms with E-state index in [9.17, 15) is 4.79 Å². The summed E-state index contributed by atoms with van der Waals surface area (Å²) < 4.78 is 4.87. The molecule has 1 fully saturated rings. The fraction of sp³-hybridized carbons (Fsp3) is 0.714. The van der Waals surface area contributed by atoms with Crippen molar-refractivity contribution in [1.82, 2.24) is 15.5 Å². The summed E-state index contributed by atoms with van der Waals surface area (Å²) >= 11 is 0. The average Bonchev–Trinajstić information content (AvgIpc) is 2.54. The Morgan fingerprint density at radius 3 is 2.43 bits per heavy atom. The second kappa shape index (κ2) is 6.06. The summed E-state index contributed by atoms with van der Waals surface area (Å²) in [5, 5.41) is 9.31. The molecular weight excluding hydrogens is 229 g/mol. The minimum Gasteiger partial charge on any atom is -0.392 e. The standard InChI is InChI=1S/C7H11N3O2.2ClH/c11-7-10-9-6(12-7)5-1-3-8-4-2-5;;/h5,8H,1-4H2,(H,10,11);2*1H. The lowest BCUT2D eigenvalue weighted by atomic mass is 9.98. The summed E-state index contributed by atoms with van der Waals surface area (Å²) in [5.74, 6) is 0.412. The number of hydrogen-bond acceptors (Lipinski definition) is 4. The SMILES string of the molecule is Cl.Cl.O=c1[nH]nc(C2CCNCC2)o1. The van der Waals surface area contributed by atoms with Crippen LogP contribution in [0.25, 0.3) is 0 Å². The molecule has 0 spiro atoms. The van der Waals surface area contributed by atoms with Crippen LogP contribution in [-0.4, -0.2) is 23.3 Å². The molecule has 0 amide bonds. The predicted molar refractivity (Wildman–Crippen MR) is 56.5 cm³/mol. The molecule has 1 aliphatic heterocycles. The maximum atomic E-state index is 10.6. The molecule has 1 aliphatic rings.